The molecule has 0 amide bonds. The molecule has 0 aliphatic carbocycles. The first-order valence-corrected chi connectivity index (χ1v) is 12.8. The fourth-order valence-electron chi connectivity index (χ4n) is 3.51. The summed E-state index contributed by atoms with van der Waals surface area (Å²) in [6.07, 6.45) is 14.3. The lowest BCUT2D eigenvalue weighted by Gasteiger charge is -2.10. The zero-order valence-corrected chi connectivity index (χ0v) is 19.1. The van der Waals surface area contributed by atoms with Crippen LogP contribution in [0.25, 0.3) is 0 Å². The van der Waals surface area contributed by atoms with Crippen LogP contribution in [-0.4, -0.2) is 9.42 Å². The van der Waals surface area contributed by atoms with E-state index >= 15 is 0 Å². The van der Waals surface area contributed by atoms with Gasteiger partial charge in [-0.1, -0.05) is 112 Å². The van der Waals surface area contributed by atoms with Crippen LogP contribution in [0.1, 0.15) is 82.3 Å². The highest BCUT2D eigenvalue weighted by molar-refractivity contribution is 7.89. The zero-order chi connectivity index (χ0) is 21.5. The fourth-order valence-corrected chi connectivity index (χ4v) is 4.56. The van der Waals surface area contributed by atoms with Crippen LogP contribution in [0, 0.1) is 0 Å². The number of benzene rings is 2. The summed E-state index contributed by atoms with van der Waals surface area (Å²) in [7, 11) is -3.28. The van der Waals surface area contributed by atoms with Gasteiger partial charge in [0.2, 0.25) is 10.0 Å². The lowest BCUT2D eigenvalue weighted by molar-refractivity contribution is 0.283. The quantitative estimate of drug-likeness (QED) is 0.235. The van der Waals surface area contributed by atoms with Crippen molar-refractivity contribution in [2.45, 2.75) is 89.1 Å². The molecule has 30 heavy (non-hydrogen) atoms. The van der Waals surface area contributed by atoms with E-state index < -0.39 is 10.0 Å². The highest BCUT2D eigenvalue weighted by Gasteiger charge is 2.14. The van der Waals surface area contributed by atoms with Gasteiger partial charge in [-0.3, -0.25) is 9.39 Å². The van der Waals surface area contributed by atoms with Gasteiger partial charge in [0, 0.05) is 0 Å². The number of aryl methyl sites for hydroxylation is 1. The van der Waals surface area contributed by atoms with E-state index in [1.54, 1.807) is 12.1 Å². The molecule has 0 fully saturated rings. The van der Waals surface area contributed by atoms with Crippen LogP contribution >= 0.6 is 0 Å². The summed E-state index contributed by atoms with van der Waals surface area (Å²) in [5, 5.41) is 9.32. The lowest BCUT2D eigenvalue weighted by Crippen LogP contribution is -2.06. The molecule has 1 unspecified atom stereocenters. The molecule has 1 N–H and O–H groups in total. The number of hydrogen-bond acceptors (Lipinski definition) is 3. The van der Waals surface area contributed by atoms with Crippen LogP contribution in [0.4, 0.5) is 0 Å². The molecule has 0 saturated carbocycles. The van der Waals surface area contributed by atoms with Crippen molar-refractivity contribution >= 4 is 10.0 Å². The van der Waals surface area contributed by atoms with E-state index in [4.69, 9.17) is 4.18 Å². The van der Waals surface area contributed by atoms with E-state index in [0.717, 1.165) is 12.0 Å². The molecule has 0 aliphatic rings. The van der Waals surface area contributed by atoms with Gasteiger partial charge in [-0.05, 0) is 36.1 Å². The number of unbranched alkanes of at least 4 members (excludes halogenated alkanes) is 9. The maximum Gasteiger partial charge on any atom is 0.219 e. The molecular formula is C25H37NO3S. The molecule has 5 heteroatoms. The Balaban J connectivity index is 1.70. The van der Waals surface area contributed by atoms with Crippen molar-refractivity contribution in [3.05, 3.63) is 65.7 Å². The molecule has 2 aromatic carbocycles. The van der Waals surface area contributed by atoms with E-state index in [9.17, 15) is 9.42 Å². The SMILES string of the molecule is CCCCCCCCCCCCc1ccc(S(=O)(=NO)OCc2ccccc2)cc1. The summed E-state index contributed by atoms with van der Waals surface area (Å²) in [5.41, 5.74) is 2.09. The van der Waals surface area contributed by atoms with Gasteiger partial charge in [-0.25, -0.2) is 4.21 Å². The highest BCUT2D eigenvalue weighted by Crippen LogP contribution is 2.19. The fraction of sp³-hybridized carbons (Fsp3) is 0.520. The van der Waals surface area contributed by atoms with Gasteiger partial charge in [-0.2, -0.15) is 0 Å². The first kappa shape index (κ1) is 24.6. The Bertz CT molecular complexity index is 812. The largest absolute Gasteiger partial charge is 0.275 e. The van der Waals surface area contributed by atoms with Gasteiger partial charge in [0.05, 0.1) is 11.5 Å². The lowest BCUT2D eigenvalue weighted by atomic mass is 10.0. The Morgan fingerprint density at radius 1 is 0.767 bits per heavy atom. The molecule has 0 saturated heterocycles. The Kier molecular flexibility index (Phi) is 11.7. The van der Waals surface area contributed by atoms with Crippen molar-refractivity contribution in [2.75, 3.05) is 0 Å². The van der Waals surface area contributed by atoms with Gasteiger partial charge < -0.3 is 0 Å². The molecule has 4 nitrogen and oxygen atoms in total. The first-order chi connectivity index (χ1) is 14.7. The van der Waals surface area contributed by atoms with Crippen molar-refractivity contribution in [3.8, 4) is 0 Å². The monoisotopic (exact) mass is 431 g/mol. The van der Waals surface area contributed by atoms with Crippen molar-refractivity contribution < 1.29 is 13.6 Å². The van der Waals surface area contributed by atoms with Gasteiger partial charge in [-0.15, -0.1) is 0 Å². The average molecular weight is 432 g/mol. The van der Waals surface area contributed by atoms with Crippen LogP contribution in [0.15, 0.2) is 64.0 Å². The van der Waals surface area contributed by atoms with Crippen molar-refractivity contribution in [1.29, 1.82) is 0 Å². The van der Waals surface area contributed by atoms with Crippen LogP contribution in [-0.2, 0) is 27.2 Å². The van der Waals surface area contributed by atoms with Crippen molar-refractivity contribution in [3.63, 3.8) is 0 Å². The van der Waals surface area contributed by atoms with E-state index in [-0.39, 0.29) is 6.61 Å². The summed E-state index contributed by atoms with van der Waals surface area (Å²) in [6, 6.07) is 16.9. The second-order valence-corrected chi connectivity index (χ2v) is 9.70. The predicted octanol–water partition coefficient (Wildman–Crippen LogP) is 7.50. The topological polar surface area (TPSA) is 58.9 Å². The van der Waals surface area contributed by atoms with Gasteiger partial charge >= 0.3 is 0 Å². The second kappa shape index (κ2) is 14.3. The maximum absolute atomic E-state index is 12.8. The minimum absolute atomic E-state index is 0.129. The number of nitrogens with zero attached hydrogens (tertiary/aromatic N) is 1. The molecule has 166 valence electrons. The van der Waals surface area contributed by atoms with Crippen LogP contribution in [0.3, 0.4) is 0 Å². The van der Waals surface area contributed by atoms with Crippen molar-refractivity contribution in [2.24, 2.45) is 4.53 Å². The summed E-state index contributed by atoms with van der Waals surface area (Å²) < 4.78 is 21.4. The van der Waals surface area contributed by atoms with Gasteiger partial charge in [0.1, 0.15) is 0 Å². The number of hydrogen-bond donors (Lipinski definition) is 1. The smallest absolute Gasteiger partial charge is 0.219 e. The number of rotatable bonds is 15. The molecule has 0 aromatic heterocycles. The molecule has 2 rings (SSSR count). The summed E-state index contributed by atoms with van der Waals surface area (Å²) in [4.78, 5) is 0.396. The zero-order valence-electron chi connectivity index (χ0n) is 18.3. The average Bonchev–Trinajstić information content (AvgIpc) is 2.80. The van der Waals surface area contributed by atoms with Gasteiger partial charge in [0.25, 0.3) is 0 Å². The molecular weight excluding hydrogens is 394 g/mol. The minimum atomic E-state index is -3.28. The summed E-state index contributed by atoms with van der Waals surface area (Å²) in [6.45, 7) is 2.39. The Morgan fingerprint density at radius 3 is 1.90 bits per heavy atom. The first-order valence-electron chi connectivity index (χ1n) is 11.4. The van der Waals surface area contributed by atoms with E-state index in [2.05, 4.69) is 11.4 Å². The molecule has 2 aromatic rings. The molecule has 0 heterocycles. The molecule has 0 spiro atoms. The second-order valence-electron chi connectivity index (χ2n) is 7.88. The molecule has 1 atom stereocenters. The summed E-state index contributed by atoms with van der Waals surface area (Å²) in [5.74, 6) is 0. The van der Waals surface area contributed by atoms with Crippen LogP contribution < -0.4 is 0 Å². The normalized spacial score (nSPS) is 13.1. The Labute approximate surface area is 183 Å². The summed E-state index contributed by atoms with van der Waals surface area (Å²) >= 11 is 0. The third-order valence-corrected chi connectivity index (χ3v) is 6.90. The highest BCUT2D eigenvalue weighted by atomic mass is 32.2. The van der Waals surface area contributed by atoms with E-state index in [0.29, 0.717) is 4.90 Å². The Hall–Kier alpha value is -1.69. The molecule has 0 radical (unpaired) electrons. The predicted molar refractivity (Wildman–Crippen MR) is 124 cm³/mol. The maximum atomic E-state index is 12.8. The van der Waals surface area contributed by atoms with Crippen molar-refractivity contribution in [1.82, 2.24) is 0 Å². The molecule has 0 bridgehead atoms. The molecule has 0 aliphatic heterocycles. The third kappa shape index (κ3) is 8.99. The van der Waals surface area contributed by atoms with E-state index in [1.165, 1.54) is 69.8 Å². The third-order valence-electron chi connectivity index (χ3n) is 5.38. The van der Waals surface area contributed by atoms with Crippen LogP contribution in [0.5, 0.6) is 0 Å². The van der Waals surface area contributed by atoms with E-state index in [1.807, 2.05) is 42.5 Å². The van der Waals surface area contributed by atoms with Gasteiger partial charge in [0.15, 0.2) is 0 Å². The van der Waals surface area contributed by atoms with Crippen LogP contribution in [0.2, 0.25) is 0 Å². The standard InChI is InChI=1S/C25H37NO3S/c1-2-3-4-5-6-7-8-9-10-12-15-23-18-20-25(21-19-23)30(28,26-27)29-22-24-16-13-11-14-17-24/h11,13-14,16-21,27H,2-10,12,15,22H2,1H3. The Morgan fingerprint density at radius 2 is 1.33 bits per heavy atom. The minimum Gasteiger partial charge on any atom is -0.275 e.